The van der Waals surface area contributed by atoms with Crippen LogP contribution in [0.2, 0.25) is 0 Å². The minimum Gasteiger partial charge on any atom is -0.387 e. The molecule has 0 fully saturated rings. The Balaban J connectivity index is 3.08. The number of aryl methyl sites for hydroxylation is 1. The van der Waals surface area contributed by atoms with Gasteiger partial charge in [0.15, 0.2) is 0 Å². The molecule has 1 rings (SSSR count). The minimum absolute atomic E-state index is 0.201. The Morgan fingerprint density at radius 3 is 2.67 bits per heavy atom. The number of aliphatic imine (C=N–C) groups is 1. The molecule has 0 spiro atoms. The highest BCUT2D eigenvalue weighted by atomic mass is 19.1. The third-order valence-corrected chi connectivity index (χ3v) is 3.09. The summed E-state index contributed by atoms with van der Waals surface area (Å²) in [6, 6.07) is 4.98. The zero-order chi connectivity index (χ0) is 13.7. The van der Waals surface area contributed by atoms with Gasteiger partial charge in [0.1, 0.15) is 11.7 Å². The molecule has 0 bridgehead atoms. The summed E-state index contributed by atoms with van der Waals surface area (Å²) in [5.74, 6) is 0.669. The van der Waals surface area contributed by atoms with Crippen LogP contribution < -0.4 is 5.73 Å². The molecule has 2 N–H and O–H groups in total. The Kier molecular flexibility index (Phi) is 5.08. The van der Waals surface area contributed by atoms with Gasteiger partial charge in [-0.05, 0) is 44.0 Å². The molecule has 1 aromatic carbocycles. The first kappa shape index (κ1) is 14.4. The summed E-state index contributed by atoms with van der Waals surface area (Å²) in [6.07, 6.45) is 2.84. The van der Waals surface area contributed by atoms with E-state index in [2.05, 4.69) is 11.9 Å². The molecule has 0 heterocycles. The van der Waals surface area contributed by atoms with Gasteiger partial charge in [0, 0.05) is 11.5 Å². The summed E-state index contributed by atoms with van der Waals surface area (Å²) in [7, 11) is 0. The van der Waals surface area contributed by atoms with Crippen molar-refractivity contribution in [3.05, 3.63) is 41.2 Å². The molecule has 0 amide bonds. The Bertz CT molecular complexity index is 475. The lowest BCUT2D eigenvalue weighted by Gasteiger charge is -2.10. The molecule has 0 saturated carbocycles. The van der Waals surface area contributed by atoms with Gasteiger partial charge in [-0.3, -0.25) is 0 Å². The fourth-order valence-electron chi connectivity index (χ4n) is 1.56. The first-order valence-corrected chi connectivity index (χ1v) is 6.26. The molecule has 1 aromatic rings. The van der Waals surface area contributed by atoms with Gasteiger partial charge < -0.3 is 5.73 Å². The smallest absolute Gasteiger partial charge is 0.126 e. The third-order valence-electron chi connectivity index (χ3n) is 3.09. The largest absolute Gasteiger partial charge is 0.387 e. The molecule has 0 saturated heterocycles. The SMILES string of the molecule is CC=C(N=C(N)C(C)CC)c1ccc(F)c(C)c1. The summed E-state index contributed by atoms with van der Waals surface area (Å²) < 4.78 is 13.2. The van der Waals surface area contributed by atoms with E-state index in [9.17, 15) is 4.39 Å². The second-order valence-corrected chi connectivity index (χ2v) is 4.48. The highest BCUT2D eigenvalue weighted by Gasteiger charge is 2.07. The lowest BCUT2D eigenvalue weighted by atomic mass is 10.1. The highest BCUT2D eigenvalue weighted by molar-refractivity contribution is 5.88. The highest BCUT2D eigenvalue weighted by Crippen LogP contribution is 2.20. The number of hydrogen-bond donors (Lipinski definition) is 1. The maximum atomic E-state index is 13.2. The predicted molar refractivity (Wildman–Crippen MR) is 75.9 cm³/mol. The van der Waals surface area contributed by atoms with Crippen LogP contribution in [0.5, 0.6) is 0 Å². The normalized spacial score (nSPS) is 14.7. The van der Waals surface area contributed by atoms with Crippen molar-refractivity contribution < 1.29 is 4.39 Å². The monoisotopic (exact) mass is 248 g/mol. The van der Waals surface area contributed by atoms with Crippen LogP contribution in [-0.2, 0) is 0 Å². The first-order chi connectivity index (χ1) is 8.49. The lowest BCUT2D eigenvalue weighted by Crippen LogP contribution is -2.20. The second-order valence-electron chi connectivity index (χ2n) is 4.48. The van der Waals surface area contributed by atoms with Gasteiger partial charge in [0.2, 0.25) is 0 Å². The van der Waals surface area contributed by atoms with E-state index in [-0.39, 0.29) is 11.7 Å². The van der Waals surface area contributed by atoms with Crippen LogP contribution in [0, 0.1) is 18.7 Å². The first-order valence-electron chi connectivity index (χ1n) is 6.26. The summed E-state index contributed by atoms with van der Waals surface area (Å²) in [5, 5.41) is 0. The van der Waals surface area contributed by atoms with Gasteiger partial charge >= 0.3 is 0 Å². The van der Waals surface area contributed by atoms with Crippen molar-refractivity contribution in [1.82, 2.24) is 0 Å². The van der Waals surface area contributed by atoms with Crippen molar-refractivity contribution in [1.29, 1.82) is 0 Å². The number of halogens is 1. The predicted octanol–water partition coefficient (Wildman–Crippen LogP) is 3.90. The molecule has 1 atom stereocenters. The van der Waals surface area contributed by atoms with Crippen LogP contribution in [0.4, 0.5) is 4.39 Å². The summed E-state index contributed by atoms with van der Waals surface area (Å²) >= 11 is 0. The van der Waals surface area contributed by atoms with E-state index in [1.165, 1.54) is 6.07 Å². The Morgan fingerprint density at radius 2 is 2.17 bits per heavy atom. The lowest BCUT2D eigenvalue weighted by molar-refractivity contribution is 0.618. The van der Waals surface area contributed by atoms with Gasteiger partial charge in [-0.1, -0.05) is 19.9 Å². The van der Waals surface area contributed by atoms with Gasteiger partial charge in [-0.25, -0.2) is 9.38 Å². The molecule has 0 aromatic heterocycles. The van der Waals surface area contributed by atoms with Crippen LogP contribution in [0.1, 0.15) is 38.3 Å². The number of rotatable bonds is 4. The maximum absolute atomic E-state index is 13.2. The fraction of sp³-hybridized carbons (Fsp3) is 0.400. The number of hydrogen-bond acceptors (Lipinski definition) is 1. The van der Waals surface area contributed by atoms with Crippen LogP contribution >= 0.6 is 0 Å². The molecule has 2 nitrogen and oxygen atoms in total. The molecular formula is C15H21FN2. The number of nitrogens with two attached hydrogens (primary N) is 1. The Morgan fingerprint density at radius 1 is 1.50 bits per heavy atom. The van der Waals surface area contributed by atoms with Crippen LogP contribution in [0.15, 0.2) is 29.3 Å². The molecule has 0 aliphatic carbocycles. The van der Waals surface area contributed by atoms with E-state index in [0.717, 1.165) is 17.7 Å². The topological polar surface area (TPSA) is 38.4 Å². The average Bonchev–Trinajstić information content (AvgIpc) is 2.38. The van der Waals surface area contributed by atoms with Crippen molar-refractivity contribution >= 4 is 11.5 Å². The molecule has 0 aliphatic rings. The van der Waals surface area contributed by atoms with Crippen molar-refractivity contribution in [2.45, 2.75) is 34.1 Å². The second kappa shape index (κ2) is 6.34. The van der Waals surface area contributed by atoms with Crippen molar-refractivity contribution in [3.8, 4) is 0 Å². The quantitative estimate of drug-likeness (QED) is 0.637. The average molecular weight is 248 g/mol. The molecule has 0 aliphatic heterocycles. The number of allylic oxidation sites excluding steroid dienone is 1. The number of nitrogens with zero attached hydrogens (tertiary/aromatic N) is 1. The van der Waals surface area contributed by atoms with Crippen molar-refractivity contribution in [2.24, 2.45) is 16.6 Å². The standard InChI is InChI=1S/C15H21FN2/c1-5-10(3)15(17)18-14(6-2)12-7-8-13(16)11(4)9-12/h6-10H,5H2,1-4H3,(H2,17,18). The van der Waals surface area contributed by atoms with Crippen molar-refractivity contribution in [3.63, 3.8) is 0 Å². The van der Waals surface area contributed by atoms with Gasteiger partial charge in [0.25, 0.3) is 0 Å². The minimum atomic E-state index is -0.201. The molecule has 0 radical (unpaired) electrons. The van der Waals surface area contributed by atoms with Crippen LogP contribution in [0.25, 0.3) is 5.70 Å². The van der Waals surface area contributed by atoms with E-state index >= 15 is 0 Å². The third kappa shape index (κ3) is 3.42. The van der Waals surface area contributed by atoms with Gasteiger partial charge in [-0.15, -0.1) is 0 Å². The Labute approximate surface area is 108 Å². The molecule has 3 heteroatoms. The Hall–Kier alpha value is -1.64. The zero-order valence-corrected chi connectivity index (χ0v) is 11.5. The number of amidine groups is 1. The van der Waals surface area contributed by atoms with E-state index < -0.39 is 0 Å². The van der Waals surface area contributed by atoms with E-state index in [4.69, 9.17) is 5.73 Å². The van der Waals surface area contributed by atoms with E-state index in [1.54, 1.807) is 19.1 Å². The van der Waals surface area contributed by atoms with Gasteiger partial charge in [0.05, 0.1) is 5.70 Å². The van der Waals surface area contributed by atoms with E-state index in [0.29, 0.717) is 11.4 Å². The van der Waals surface area contributed by atoms with E-state index in [1.807, 2.05) is 19.9 Å². The maximum Gasteiger partial charge on any atom is 0.126 e. The summed E-state index contributed by atoms with van der Waals surface area (Å²) in [5.41, 5.74) is 8.24. The molecule has 98 valence electrons. The fourth-order valence-corrected chi connectivity index (χ4v) is 1.56. The van der Waals surface area contributed by atoms with Crippen LogP contribution in [0.3, 0.4) is 0 Å². The molecular weight excluding hydrogens is 227 g/mol. The summed E-state index contributed by atoms with van der Waals surface area (Å²) in [4.78, 5) is 4.44. The van der Waals surface area contributed by atoms with Crippen LogP contribution in [-0.4, -0.2) is 5.84 Å². The number of benzene rings is 1. The zero-order valence-electron chi connectivity index (χ0n) is 11.5. The summed E-state index contributed by atoms with van der Waals surface area (Å²) in [6.45, 7) is 7.77. The van der Waals surface area contributed by atoms with Crippen molar-refractivity contribution in [2.75, 3.05) is 0 Å². The molecule has 1 unspecified atom stereocenters. The van der Waals surface area contributed by atoms with Gasteiger partial charge in [-0.2, -0.15) is 0 Å². The molecule has 18 heavy (non-hydrogen) atoms.